The minimum absolute atomic E-state index is 0.0516. The number of hydrogen-bond acceptors (Lipinski definition) is 4. The molecule has 0 radical (unpaired) electrons. The Kier molecular flexibility index (Phi) is 3.63. The summed E-state index contributed by atoms with van der Waals surface area (Å²) in [5.74, 6) is 0. The van der Waals surface area contributed by atoms with Crippen molar-refractivity contribution in [3.05, 3.63) is 17.0 Å². The van der Waals surface area contributed by atoms with Gasteiger partial charge in [-0.2, -0.15) is 0 Å². The van der Waals surface area contributed by atoms with Gasteiger partial charge in [-0.3, -0.25) is 0 Å². The van der Waals surface area contributed by atoms with E-state index in [4.69, 9.17) is 5.11 Å². The molecule has 0 saturated heterocycles. The van der Waals surface area contributed by atoms with Crippen molar-refractivity contribution in [3.8, 4) is 0 Å². The zero-order valence-electron chi connectivity index (χ0n) is 8.85. The molecule has 0 aromatic carbocycles. The lowest BCUT2D eigenvalue weighted by atomic mass is 9.94. The zero-order chi connectivity index (χ0) is 11.6. The van der Waals surface area contributed by atoms with Crippen LogP contribution in [0.4, 0.5) is 0 Å². The van der Waals surface area contributed by atoms with Crippen LogP contribution in [0.3, 0.4) is 0 Å². The van der Waals surface area contributed by atoms with Crippen LogP contribution in [0.5, 0.6) is 0 Å². The van der Waals surface area contributed by atoms with Crippen molar-refractivity contribution in [1.29, 1.82) is 0 Å². The fraction of sp³-hybridized carbons (Fsp3) is 0.600. The lowest BCUT2D eigenvalue weighted by Gasteiger charge is -2.25. The molecular weight excluding hydrogens is 246 g/mol. The average molecular weight is 261 g/mol. The number of hydrogen-bond donors (Lipinski definition) is 2. The van der Waals surface area contributed by atoms with Crippen molar-refractivity contribution in [2.24, 2.45) is 0 Å². The molecule has 6 heteroatoms. The van der Waals surface area contributed by atoms with Crippen molar-refractivity contribution in [2.75, 3.05) is 6.61 Å². The second-order valence-electron chi connectivity index (χ2n) is 3.94. The topological polar surface area (TPSA) is 66.4 Å². The molecule has 1 fully saturated rings. The number of nitrogens with one attached hydrogen (secondary N) is 1. The third-order valence-corrected chi connectivity index (χ3v) is 5.84. The molecule has 1 aliphatic carbocycles. The Labute approximate surface area is 99.4 Å². The second-order valence-corrected chi connectivity index (χ2v) is 7.05. The predicted molar refractivity (Wildman–Crippen MR) is 63.1 cm³/mol. The molecule has 0 aliphatic heterocycles. The van der Waals surface area contributed by atoms with Gasteiger partial charge in [0.05, 0.1) is 0 Å². The van der Waals surface area contributed by atoms with Crippen LogP contribution in [-0.2, 0) is 16.4 Å². The normalized spacial score (nSPS) is 17.3. The minimum Gasteiger partial charge on any atom is -0.396 e. The van der Waals surface area contributed by atoms with E-state index < -0.39 is 10.0 Å². The van der Waals surface area contributed by atoms with Crippen LogP contribution in [0.25, 0.3) is 0 Å². The summed E-state index contributed by atoms with van der Waals surface area (Å²) in [4.78, 5) is 0.900. The largest absolute Gasteiger partial charge is 0.396 e. The van der Waals surface area contributed by atoms with E-state index in [1.54, 1.807) is 12.1 Å². The van der Waals surface area contributed by atoms with Crippen LogP contribution in [0.1, 0.15) is 24.1 Å². The molecular formula is C10H15NO3S2. The highest BCUT2D eigenvalue weighted by atomic mass is 32.2. The van der Waals surface area contributed by atoms with Crippen LogP contribution in [0, 0.1) is 0 Å². The van der Waals surface area contributed by atoms with E-state index in [9.17, 15) is 8.42 Å². The first kappa shape index (κ1) is 12.0. The average Bonchev–Trinajstić information content (AvgIpc) is 2.62. The monoisotopic (exact) mass is 261 g/mol. The lowest BCUT2D eigenvalue weighted by Crippen LogP contribution is -2.39. The van der Waals surface area contributed by atoms with Crippen molar-refractivity contribution in [1.82, 2.24) is 4.72 Å². The third-order valence-electron chi connectivity index (χ3n) is 2.69. The highest BCUT2D eigenvalue weighted by Gasteiger charge is 2.25. The van der Waals surface area contributed by atoms with Crippen LogP contribution in [0.2, 0.25) is 0 Å². The standard InChI is InChI=1S/C10H15NO3S2/c12-7-6-9-4-5-10(15-9)16(13,14)11-8-2-1-3-8/h4-5,8,11-12H,1-3,6-7H2. The van der Waals surface area contributed by atoms with Gasteiger partial charge in [-0.15, -0.1) is 11.3 Å². The van der Waals surface area contributed by atoms with Gasteiger partial charge >= 0.3 is 0 Å². The summed E-state index contributed by atoms with van der Waals surface area (Å²) in [5, 5.41) is 8.77. The molecule has 4 nitrogen and oxygen atoms in total. The summed E-state index contributed by atoms with van der Waals surface area (Å²) in [6.07, 6.45) is 3.50. The summed E-state index contributed by atoms with van der Waals surface area (Å²) < 4.78 is 26.8. The van der Waals surface area contributed by atoms with Gasteiger partial charge in [0.2, 0.25) is 10.0 Å². The van der Waals surface area contributed by atoms with E-state index in [0.717, 1.165) is 24.1 Å². The van der Waals surface area contributed by atoms with Crippen molar-refractivity contribution >= 4 is 21.4 Å². The molecule has 1 aromatic heterocycles. The molecule has 16 heavy (non-hydrogen) atoms. The van der Waals surface area contributed by atoms with Gasteiger partial charge in [-0.05, 0) is 25.0 Å². The smallest absolute Gasteiger partial charge is 0.250 e. The van der Waals surface area contributed by atoms with Gasteiger partial charge in [0.25, 0.3) is 0 Å². The Bertz CT molecular complexity index is 448. The SMILES string of the molecule is O=S(=O)(NC1CCC1)c1ccc(CCO)s1. The molecule has 0 atom stereocenters. The van der Waals surface area contributed by atoms with E-state index in [-0.39, 0.29) is 12.6 Å². The van der Waals surface area contributed by atoms with E-state index in [1.165, 1.54) is 11.3 Å². The van der Waals surface area contributed by atoms with Crippen molar-refractivity contribution < 1.29 is 13.5 Å². The first-order valence-corrected chi connectivity index (χ1v) is 7.64. The highest BCUT2D eigenvalue weighted by Crippen LogP contribution is 2.25. The minimum atomic E-state index is -3.33. The number of aliphatic hydroxyl groups is 1. The predicted octanol–water partition coefficient (Wildman–Crippen LogP) is 1.11. The molecule has 1 aliphatic rings. The second kappa shape index (κ2) is 4.83. The number of sulfonamides is 1. The van der Waals surface area contributed by atoms with Crippen LogP contribution in [-0.4, -0.2) is 26.2 Å². The van der Waals surface area contributed by atoms with Crippen LogP contribution in [0.15, 0.2) is 16.3 Å². The molecule has 1 heterocycles. The molecule has 1 aromatic rings. The molecule has 0 unspecified atom stereocenters. The van der Waals surface area contributed by atoms with Gasteiger partial charge in [-0.25, -0.2) is 13.1 Å². The lowest BCUT2D eigenvalue weighted by molar-refractivity contribution is 0.300. The molecule has 0 amide bonds. The summed E-state index contributed by atoms with van der Waals surface area (Å²) in [6, 6.07) is 3.49. The van der Waals surface area contributed by atoms with Crippen molar-refractivity contribution in [3.63, 3.8) is 0 Å². The molecule has 1 saturated carbocycles. The van der Waals surface area contributed by atoms with E-state index in [1.807, 2.05) is 0 Å². The Morgan fingerprint density at radius 3 is 2.75 bits per heavy atom. The van der Waals surface area contributed by atoms with E-state index >= 15 is 0 Å². The summed E-state index contributed by atoms with van der Waals surface area (Å²) in [5.41, 5.74) is 0. The van der Waals surface area contributed by atoms with Gasteiger partial charge in [-0.1, -0.05) is 6.42 Å². The number of rotatable bonds is 5. The molecule has 2 N–H and O–H groups in total. The van der Waals surface area contributed by atoms with E-state index in [2.05, 4.69) is 4.72 Å². The maximum absolute atomic E-state index is 11.9. The highest BCUT2D eigenvalue weighted by molar-refractivity contribution is 7.91. The Morgan fingerprint density at radius 1 is 1.44 bits per heavy atom. The summed E-state index contributed by atoms with van der Waals surface area (Å²) >= 11 is 1.23. The summed E-state index contributed by atoms with van der Waals surface area (Å²) in [7, 11) is -3.33. The Balaban J connectivity index is 2.08. The van der Waals surface area contributed by atoms with Gasteiger partial charge < -0.3 is 5.11 Å². The fourth-order valence-corrected chi connectivity index (χ4v) is 4.22. The maximum atomic E-state index is 11.9. The molecule has 0 spiro atoms. The molecule has 0 bridgehead atoms. The van der Waals surface area contributed by atoms with Gasteiger partial charge in [0.15, 0.2) is 0 Å². The number of aliphatic hydroxyl groups excluding tert-OH is 1. The van der Waals surface area contributed by atoms with Gasteiger partial charge in [0.1, 0.15) is 4.21 Å². The van der Waals surface area contributed by atoms with E-state index in [0.29, 0.717) is 10.6 Å². The Hall–Kier alpha value is -0.430. The fourth-order valence-electron chi connectivity index (χ4n) is 1.55. The summed E-state index contributed by atoms with van der Waals surface area (Å²) in [6.45, 7) is 0.0516. The third kappa shape index (κ3) is 2.63. The van der Waals surface area contributed by atoms with Crippen LogP contribution >= 0.6 is 11.3 Å². The molecule has 90 valence electrons. The Morgan fingerprint density at radius 2 is 2.19 bits per heavy atom. The van der Waals surface area contributed by atoms with Gasteiger partial charge in [0, 0.05) is 23.9 Å². The quantitative estimate of drug-likeness (QED) is 0.834. The first-order chi connectivity index (χ1) is 7.62. The van der Waals surface area contributed by atoms with Crippen molar-refractivity contribution in [2.45, 2.75) is 35.9 Å². The first-order valence-electron chi connectivity index (χ1n) is 5.34. The number of thiophene rings is 1. The van der Waals surface area contributed by atoms with Crippen LogP contribution < -0.4 is 4.72 Å². The molecule has 2 rings (SSSR count). The maximum Gasteiger partial charge on any atom is 0.250 e. The zero-order valence-corrected chi connectivity index (χ0v) is 10.5.